The van der Waals surface area contributed by atoms with Crippen molar-refractivity contribution in [1.82, 2.24) is 0 Å². The quantitative estimate of drug-likeness (QED) is 0.213. The zero-order valence-corrected chi connectivity index (χ0v) is 17.7. The number of carbonyl (C=O) groups is 1. The lowest BCUT2D eigenvalue weighted by atomic mass is 10.1. The van der Waals surface area contributed by atoms with Crippen LogP contribution in [-0.4, -0.2) is 12.9 Å². The molecular formula is C23H11F7O3S. The highest BCUT2D eigenvalue weighted by atomic mass is 32.2. The molecule has 3 aromatic rings. The van der Waals surface area contributed by atoms with Gasteiger partial charge in [0.2, 0.25) is 23.2 Å². The molecule has 176 valence electrons. The maximum atomic E-state index is 14.2. The van der Waals surface area contributed by atoms with Crippen molar-refractivity contribution in [2.24, 2.45) is 0 Å². The summed E-state index contributed by atoms with van der Waals surface area (Å²) in [6.45, 7) is 0. The zero-order valence-electron chi connectivity index (χ0n) is 16.9. The van der Waals surface area contributed by atoms with Crippen molar-refractivity contribution in [1.29, 1.82) is 0 Å². The van der Waals surface area contributed by atoms with E-state index in [4.69, 9.17) is 9.47 Å². The summed E-state index contributed by atoms with van der Waals surface area (Å²) in [6.07, 6.45) is -4.14. The van der Waals surface area contributed by atoms with Gasteiger partial charge in [0.25, 0.3) is 0 Å². The van der Waals surface area contributed by atoms with Gasteiger partial charge in [-0.15, -0.1) is 0 Å². The largest absolute Gasteiger partial charge is 0.493 e. The van der Waals surface area contributed by atoms with Crippen molar-refractivity contribution >= 4 is 23.6 Å². The summed E-state index contributed by atoms with van der Waals surface area (Å²) in [5, 5.41) is 0. The maximum Gasteiger partial charge on any atom is 0.422 e. The lowest BCUT2D eigenvalue weighted by Gasteiger charge is -2.16. The number of ketones is 1. The Hall–Kier alpha value is -3.47. The molecule has 1 aliphatic heterocycles. The smallest absolute Gasteiger partial charge is 0.422 e. The van der Waals surface area contributed by atoms with Crippen LogP contribution in [0.5, 0.6) is 17.2 Å². The fraction of sp³-hybridized carbons (Fsp3) is 0.0870. The van der Waals surface area contributed by atoms with Gasteiger partial charge in [-0.3, -0.25) is 4.79 Å². The minimum atomic E-state index is -5.67. The molecule has 0 unspecified atom stereocenters. The van der Waals surface area contributed by atoms with E-state index in [1.807, 2.05) is 0 Å². The molecule has 0 amide bonds. The molecule has 0 N–H and O–H groups in total. The number of hydrogen-bond acceptors (Lipinski definition) is 4. The van der Waals surface area contributed by atoms with Gasteiger partial charge < -0.3 is 9.47 Å². The summed E-state index contributed by atoms with van der Waals surface area (Å²) in [5.74, 6) is -12.5. The molecule has 0 bridgehead atoms. The van der Waals surface area contributed by atoms with E-state index >= 15 is 0 Å². The highest BCUT2D eigenvalue weighted by Gasteiger charge is 2.43. The van der Waals surface area contributed by atoms with Crippen LogP contribution >= 0.6 is 11.8 Å². The summed E-state index contributed by atoms with van der Waals surface area (Å²) in [6, 6.07) is 10.7. The van der Waals surface area contributed by atoms with Gasteiger partial charge in [-0.05, 0) is 35.9 Å². The molecule has 1 aliphatic rings. The summed E-state index contributed by atoms with van der Waals surface area (Å²) in [4.78, 5) is 13.7. The number of halogens is 7. The number of allylic oxidation sites excluding steroid dienone is 1. The Kier molecular flexibility index (Phi) is 6.07. The van der Waals surface area contributed by atoms with Crippen LogP contribution < -0.4 is 9.47 Å². The lowest BCUT2D eigenvalue weighted by molar-refractivity contribution is -0.143. The molecular weight excluding hydrogens is 489 g/mol. The Morgan fingerprint density at radius 2 is 1.53 bits per heavy atom. The van der Waals surface area contributed by atoms with Crippen LogP contribution in [0.4, 0.5) is 30.7 Å². The first kappa shape index (κ1) is 23.7. The van der Waals surface area contributed by atoms with E-state index in [2.05, 4.69) is 0 Å². The van der Waals surface area contributed by atoms with E-state index in [1.54, 1.807) is 24.3 Å². The zero-order chi connectivity index (χ0) is 24.8. The van der Waals surface area contributed by atoms with Crippen molar-refractivity contribution in [3.63, 3.8) is 0 Å². The van der Waals surface area contributed by atoms with Crippen LogP contribution in [0.15, 0.2) is 52.3 Å². The minimum Gasteiger partial charge on any atom is -0.493 e. The first-order valence-corrected chi connectivity index (χ1v) is 10.2. The van der Waals surface area contributed by atoms with Gasteiger partial charge in [-0.25, -0.2) is 8.78 Å². The van der Waals surface area contributed by atoms with Crippen molar-refractivity contribution in [3.8, 4) is 17.2 Å². The standard InChI is InChI=1S/C23H11F7O3S/c1-32-13-8-10(9-15-21(31)11-4-2-3-5-14(11)34-15)6-7-12(13)33-22-19(26)17(24)16(23(28,29)30)18(25)20(22)27/h2-9H,1H3. The second-order valence-corrected chi connectivity index (χ2v) is 7.99. The number of rotatable bonds is 4. The third-order valence-corrected chi connectivity index (χ3v) is 5.88. The van der Waals surface area contributed by atoms with E-state index in [9.17, 15) is 35.5 Å². The average molecular weight is 500 g/mol. The molecule has 3 nitrogen and oxygen atoms in total. The van der Waals surface area contributed by atoms with Crippen molar-refractivity contribution in [2.45, 2.75) is 11.1 Å². The molecule has 0 aromatic heterocycles. The number of Topliss-reactive ketones (excluding diaryl/α,β-unsaturated/α-hetero) is 1. The van der Waals surface area contributed by atoms with Gasteiger partial charge in [-0.2, -0.15) is 22.0 Å². The third-order valence-electron chi connectivity index (χ3n) is 4.78. The fourth-order valence-corrected chi connectivity index (χ4v) is 4.26. The number of hydrogen-bond donors (Lipinski definition) is 0. The highest BCUT2D eigenvalue weighted by Crippen LogP contribution is 2.43. The topological polar surface area (TPSA) is 35.5 Å². The molecule has 0 saturated heterocycles. The molecule has 11 heteroatoms. The number of methoxy groups -OCH3 is 1. The Labute approximate surface area is 191 Å². The molecule has 0 aliphatic carbocycles. The Morgan fingerprint density at radius 1 is 0.882 bits per heavy atom. The lowest BCUT2D eigenvalue weighted by Crippen LogP contribution is -2.15. The molecule has 3 aromatic carbocycles. The van der Waals surface area contributed by atoms with Gasteiger partial charge in [0, 0.05) is 10.5 Å². The Morgan fingerprint density at radius 3 is 2.12 bits per heavy atom. The number of ether oxygens (including phenoxy) is 2. The van der Waals surface area contributed by atoms with Gasteiger partial charge in [0.1, 0.15) is 5.56 Å². The summed E-state index contributed by atoms with van der Waals surface area (Å²) >= 11 is 1.23. The summed E-state index contributed by atoms with van der Waals surface area (Å²) in [5.41, 5.74) is -1.76. The van der Waals surface area contributed by atoms with Crippen LogP contribution in [0.3, 0.4) is 0 Å². The van der Waals surface area contributed by atoms with Crippen LogP contribution in [0.2, 0.25) is 0 Å². The van der Waals surface area contributed by atoms with Gasteiger partial charge in [-0.1, -0.05) is 30.0 Å². The van der Waals surface area contributed by atoms with E-state index in [0.29, 0.717) is 16.0 Å². The normalized spacial score (nSPS) is 14.5. The fourth-order valence-electron chi connectivity index (χ4n) is 3.21. The van der Waals surface area contributed by atoms with Gasteiger partial charge >= 0.3 is 6.18 Å². The molecule has 34 heavy (non-hydrogen) atoms. The van der Waals surface area contributed by atoms with E-state index in [-0.39, 0.29) is 11.5 Å². The number of thioether (sulfide) groups is 1. The molecule has 1 heterocycles. The molecule has 4 rings (SSSR count). The van der Waals surface area contributed by atoms with Crippen LogP contribution in [-0.2, 0) is 6.18 Å². The SMILES string of the molecule is COc1cc(C=C2Sc3ccccc3C2=O)ccc1Oc1c(F)c(F)c(C(F)(F)F)c(F)c1F. The van der Waals surface area contributed by atoms with E-state index in [0.717, 1.165) is 18.1 Å². The number of benzene rings is 3. The molecule has 0 saturated carbocycles. The average Bonchev–Trinajstić information content (AvgIpc) is 3.10. The van der Waals surface area contributed by atoms with Crippen molar-refractivity contribution < 1.29 is 45.0 Å². The first-order chi connectivity index (χ1) is 16.0. The maximum absolute atomic E-state index is 14.2. The Bertz CT molecular complexity index is 1320. The molecule has 0 fully saturated rings. The monoisotopic (exact) mass is 500 g/mol. The Balaban J connectivity index is 1.69. The third kappa shape index (κ3) is 4.11. The first-order valence-electron chi connectivity index (χ1n) is 9.35. The predicted molar refractivity (Wildman–Crippen MR) is 109 cm³/mol. The number of carbonyl (C=O) groups excluding carboxylic acids is 1. The molecule has 0 radical (unpaired) electrons. The van der Waals surface area contributed by atoms with Crippen LogP contribution in [0, 0.1) is 23.3 Å². The second kappa shape index (κ2) is 8.71. The number of fused-ring (bicyclic) bond motifs is 1. The number of alkyl halides is 3. The van der Waals surface area contributed by atoms with E-state index < -0.39 is 46.5 Å². The summed E-state index contributed by atoms with van der Waals surface area (Å²) < 4.78 is 104. The predicted octanol–water partition coefficient (Wildman–Crippen LogP) is 7.39. The van der Waals surface area contributed by atoms with Gasteiger partial charge in [0.15, 0.2) is 23.1 Å². The second-order valence-electron chi connectivity index (χ2n) is 6.91. The van der Waals surface area contributed by atoms with Gasteiger partial charge in [0.05, 0.1) is 12.0 Å². The minimum absolute atomic E-state index is 0.165. The highest BCUT2D eigenvalue weighted by molar-refractivity contribution is 8.04. The molecule has 0 spiro atoms. The molecule has 0 atom stereocenters. The van der Waals surface area contributed by atoms with Crippen LogP contribution in [0.25, 0.3) is 6.08 Å². The van der Waals surface area contributed by atoms with Crippen molar-refractivity contribution in [2.75, 3.05) is 7.11 Å². The van der Waals surface area contributed by atoms with Crippen LogP contribution in [0.1, 0.15) is 21.5 Å². The van der Waals surface area contributed by atoms with E-state index in [1.165, 1.54) is 30.0 Å². The summed E-state index contributed by atoms with van der Waals surface area (Å²) in [7, 11) is 1.16. The van der Waals surface area contributed by atoms with Crippen molar-refractivity contribution in [3.05, 3.63) is 87.3 Å².